The first-order valence-electron chi connectivity index (χ1n) is 6.22. The number of nitrogens with two attached hydrogens (primary N) is 1. The molecule has 104 valence electrons. The fraction of sp³-hybridized carbons (Fsp3) is 0.200. The number of carbonyl (C=O) groups excluding carboxylic acids is 2. The Balaban J connectivity index is 2.68. The van der Waals surface area contributed by atoms with Gasteiger partial charge in [0.15, 0.2) is 5.78 Å². The van der Waals surface area contributed by atoms with Gasteiger partial charge in [0, 0.05) is 5.56 Å². The van der Waals surface area contributed by atoms with Gasteiger partial charge in [0.2, 0.25) is 0 Å². The zero-order valence-electron chi connectivity index (χ0n) is 11.3. The molecule has 20 heavy (non-hydrogen) atoms. The minimum atomic E-state index is -0.493. The maximum absolute atomic E-state index is 12.1. The monoisotopic (exact) mass is 289 g/mol. The number of thiophene rings is 1. The van der Waals surface area contributed by atoms with Crippen LogP contribution in [0.25, 0.3) is 11.1 Å². The van der Waals surface area contributed by atoms with E-state index in [-0.39, 0.29) is 18.0 Å². The van der Waals surface area contributed by atoms with Gasteiger partial charge in [0.05, 0.1) is 11.5 Å². The summed E-state index contributed by atoms with van der Waals surface area (Å²) < 4.78 is 5.04. The summed E-state index contributed by atoms with van der Waals surface area (Å²) in [5.74, 6) is -0.608. The summed E-state index contributed by atoms with van der Waals surface area (Å²) >= 11 is 1.13. The molecule has 0 amide bonds. The standard InChI is InChI=1S/C15H15NO3S/c1-3-19-15(18)12-11(10-7-5-4-6-8-10)13(9(2)17)20-14(12)16/h4-8H,3,16H2,1-2H3. The SMILES string of the molecule is CCOC(=O)c1c(N)sc(C(C)=O)c1-c1ccccc1. The Labute approximate surface area is 121 Å². The Morgan fingerprint density at radius 2 is 1.90 bits per heavy atom. The summed E-state index contributed by atoms with van der Waals surface area (Å²) in [6.45, 7) is 3.46. The molecule has 0 fully saturated rings. The summed E-state index contributed by atoms with van der Waals surface area (Å²) in [7, 11) is 0. The molecule has 0 aliphatic heterocycles. The molecule has 1 heterocycles. The number of rotatable bonds is 4. The molecule has 1 aromatic carbocycles. The molecule has 0 unspecified atom stereocenters. The van der Waals surface area contributed by atoms with Crippen molar-refractivity contribution in [3.05, 3.63) is 40.8 Å². The summed E-state index contributed by atoms with van der Waals surface area (Å²) in [5.41, 5.74) is 7.55. The minimum absolute atomic E-state index is 0.115. The van der Waals surface area contributed by atoms with Crippen molar-refractivity contribution in [2.24, 2.45) is 0 Å². The summed E-state index contributed by atoms with van der Waals surface area (Å²) in [5, 5.41) is 0.313. The molecule has 0 saturated heterocycles. The fourth-order valence-corrected chi connectivity index (χ4v) is 2.96. The van der Waals surface area contributed by atoms with Crippen molar-refractivity contribution in [1.82, 2.24) is 0 Å². The van der Waals surface area contributed by atoms with Gasteiger partial charge in [-0.15, -0.1) is 11.3 Å². The van der Waals surface area contributed by atoms with Crippen LogP contribution in [-0.2, 0) is 4.74 Å². The van der Waals surface area contributed by atoms with Gasteiger partial charge in [0.25, 0.3) is 0 Å². The lowest BCUT2D eigenvalue weighted by Gasteiger charge is -2.06. The molecule has 0 radical (unpaired) electrons. The van der Waals surface area contributed by atoms with Crippen molar-refractivity contribution in [2.45, 2.75) is 13.8 Å². The number of ketones is 1. The third-order valence-corrected chi connectivity index (χ3v) is 3.92. The van der Waals surface area contributed by atoms with Crippen molar-refractivity contribution in [1.29, 1.82) is 0 Å². The van der Waals surface area contributed by atoms with E-state index < -0.39 is 5.97 Å². The number of ether oxygens (including phenoxy) is 1. The summed E-state index contributed by atoms with van der Waals surface area (Å²) in [4.78, 5) is 24.4. The van der Waals surface area contributed by atoms with Crippen LogP contribution < -0.4 is 5.73 Å². The molecule has 2 rings (SSSR count). The van der Waals surface area contributed by atoms with Gasteiger partial charge in [-0.05, 0) is 19.4 Å². The zero-order chi connectivity index (χ0) is 14.7. The smallest absolute Gasteiger partial charge is 0.341 e. The van der Waals surface area contributed by atoms with Crippen molar-refractivity contribution in [3.8, 4) is 11.1 Å². The molecule has 2 N–H and O–H groups in total. The molecular formula is C15H15NO3S. The van der Waals surface area contributed by atoms with E-state index in [4.69, 9.17) is 10.5 Å². The Hall–Kier alpha value is -2.14. The average Bonchev–Trinajstić information content (AvgIpc) is 2.78. The molecule has 1 aromatic heterocycles. The second kappa shape index (κ2) is 5.88. The topological polar surface area (TPSA) is 69.4 Å². The van der Waals surface area contributed by atoms with Gasteiger partial charge in [-0.1, -0.05) is 30.3 Å². The largest absolute Gasteiger partial charge is 0.462 e. The fourth-order valence-electron chi connectivity index (χ4n) is 1.98. The second-order valence-electron chi connectivity index (χ2n) is 4.19. The Morgan fingerprint density at radius 1 is 1.25 bits per heavy atom. The molecule has 4 nitrogen and oxygen atoms in total. The molecule has 0 aliphatic rings. The highest BCUT2D eigenvalue weighted by atomic mass is 32.1. The maximum atomic E-state index is 12.1. The third kappa shape index (κ3) is 2.58. The number of anilines is 1. The molecule has 0 atom stereocenters. The van der Waals surface area contributed by atoms with Crippen LogP contribution in [0.4, 0.5) is 5.00 Å². The molecule has 0 aliphatic carbocycles. The van der Waals surface area contributed by atoms with E-state index in [2.05, 4.69) is 0 Å². The molecule has 0 spiro atoms. The van der Waals surface area contributed by atoms with Gasteiger partial charge in [-0.3, -0.25) is 4.79 Å². The van der Waals surface area contributed by atoms with E-state index >= 15 is 0 Å². The number of esters is 1. The molecular weight excluding hydrogens is 274 g/mol. The minimum Gasteiger partial charge on any atom is -0.462 e. The normalized spacial score (nSPS) is 10.3. The van der Waals surface area contributed by atoms with Crippen molar-refractivity contribution in [2.75, 3.05) is 12.3 Å². The summed E-state index contributed by atoms with van der Waals surface area (Å²) in [6.07, 6.45) is 0. The van der Waals surface area contributed by atoms with E-state index in [1.54, 1.807) is 6.92 Å². The van der Waals surface area contributed by atoms with Crippen LogP contribution in [0.3, 0.4) is 0 Å². The zero-order valence-corrected chi connectivity index (χ0v) is 12.1. The lowest BCUT2D eigenvalue weighted by Crippen LogP contribution is -2.08. The Morgan fingerprint density at radius 3 is 2.45 bits per heavy atom. The maximum Gasteiger partial charge on any atom is 0.341 e. The van der Waals surface area contributed by atoms with Crippen molar-refractivity contribution in [3.63, 3.8) is 0 Å². The highest BCUT2D eigenvalue weighted by Crippen LogP contribution is 2.39. The Bertz CT molecular complexity index is 647. The molecule has 5 heteroatoms. The van der Waals surface area contributed by atoms with Crippen molar-refractivity contribution < 1.29 is 14.3 Å². The lowest BCUT2D eigenvalue weighted by molar-refractivity contribution is 0.0529. The first-order valence-corrected chi connectivity index (χ1v) is 7.03. The predicted octanol–water partition coefficient (Wildman–Crippen LogP) is 3.38. The van der Waals surface area contributed by atoms with Crippen LogP contribution in [0, 0.1) is 0 Å². The highest BCUT2D eigenvalue weighted by Gasteiger charge is 2.26. The number of Topliss-reactive ketones (excluding diaryl/α,β-unsaturated/α-hetero) is 1. The predicted molar refractivity (Wildman–Crippen MR) is 80.1 cm³/mol. The van der Waals surface area contributed by atoms with Crippen LogP contribution in [-0.4, -0.2) is 18.4 Å². The van der Waals surface area contributed by atoms with Gasteiger partial charge in [-0.25, -0.2) is 4.79 Å². The van der Waals surface area contributed by atoms with Gasteiger partial charge in [0.1, 0.15) is 10.6 Å². The van der Waals surface area contributed by atoms with Crippen LogP contribution in [0.1, 0.15) is 33.9 Å². The van der Waals surface area contributed by atoms with E-state index in [1.165, 1.54) is 6.92 Å². The summed E-state index contributed by atoms with van der Waals surface area (Å²) in [6, 6.07) is 9.26. The van der Waals surface area contributed by atoms with E-state index in [1.807, 2.05) is 30.3 Å². The van der Waals surface area contributed by atoms with Crippen LogP contribution in [0.5, 0.6) is 0 Å². The van der Waals surface area contributed by atoms with Crippen LogP contribution in [0.15, 0.2) is 30.3 Å². The number of hydrogen-bond donors (Lipinski definition) is 1. The number of carbonyl (C=O) groups is 2. The quantitative estimate of drug-likeness (QED) is 0.692. The van der Waals surface area contributed by atoms with E-state index in [9.17, 15) is 9.59 Å². The average molecular weight is 289 g/mol. The first kappa shape index (κ1) is 14.3. The number of hydrogen-bond acceptors (Lipinski definition) is 5. The van der Waals surface area contributed by atoms with E-state index in [0.717, 1.165) is 16.9 Å². The van der Waals surface area contributed by atoms with Crippen LogP contribution >= 0.6 is 11.3 Å². The lowest BCUT2D eigenvalue weighted by atomic mass is 10.00. The van der Waals surface area contributed by atoms with Gasteiger partial charge in [-0.2, -0.15) is 0 Å². The molecule has 2 aromatic rings. The van der Waals surface area contributed by atoms with E-state index in [0.29, 0.717) is 15.4 Å². The Kier molecular flexibility index (Phi) is 4.20. The molecule has 0 bridgehead atoms. The van der Waals surface area contributed by atoms with Gasteiger partial charge >= 0.3 is 5.97 Å². The number of nitrogen functional groups attached to an aromatic ring is 1. The second-order valence-corrected chi connectivity index (χ2v) is 5.24. The van der Waals surface area contributed by atoms with Crippen molar-refractivity contribution >= 4 is 28.1 Å². The third-order valence-electron chi connectivity index (χ3n) is 2.80. The number of benzene rings is 1. The highest BCUT2D eigenvalue weighted by molar-refractivity contribution is 7.18. The van der Waals surface area contributed by atoms with Gasteiger partial charge < -0.3 is 10.5 Å². The molecule has 0 saturated carbocycles. The van der Waals surface area contributed by atoms with Crippen LogP contribution in [0.2, 0.25) is 0 Å². The first-order chi connectivity index (χ1) is 9.56.